The highest BCUT2D eigenvalue weighted by Gasteiger charge is 2.33. The molecule has 61 heavy (non-hydrogen) atoms. The number of carbonyl (C=O) groups excluding carboxylic acids is 2. The third-order valence-electron chi connectivity index (χ3n) is 9.35. The Morgan fingerprint density at radius 2 is 1.39 bits per heavy atom. The molecular formula is C43H51FN2O14S. The van der Waals surface area contributed by atoms with E-state index in [-0.39, 0.29) is 56.1 Å². The molecule has 4 aromatic rings. The number of rotatable bonds is 28. The number of carboxylic acid groups (broad SMARTS) is 1. The van der Waals surface area contributed by atoms with E-state index in [0.717, 1.165) is 24.7 Å². The normalized spacial score (nSPS) is 13.1. The van der Waals surface area contributed by atoms with Crippen LogP contribution >= 0.6 is 0 Å². The molecule has 1 aliphatic carbocycles. The first-order chi connectivity index (χ1) is 29.4. The zero-order valence-electron chi connectivity index (χ0n) is 34.1. The summed E-state index contributed by atoms with van der Waals surface area (Å²) in [6.45, 7) is 3.67. The van der Waals surface area contributed by atoms with Crippen LogP contribution in [0.25, 0.3) is 22.3 Å². The van der Waals surface area contributed by atoms with E-state index in [1.165, 1.54) is 41.7 Å². The number of amides is 1. The van der Waals surface area contributed by atoms with Gasteiger partial charge in [0.25, 0.3) is 5.91 Å². The van der Waals surface area contributed by atoms with Crippen molar-refractivity contribution in [3.8, 4) is 11.3 Å². The number of aliphatic hydroxyl groups is 1. The summed E-state index contributed by atoms with van der Waals surface area (Å²) >= 11 is 0. The van der Waals surface area contributed by atoms with Crippen LogP contribution in [0.2, 0.25) is 0 Å². The minimum atomic E-state index is -3.74. The lowest BCUT2D eigenvalue weighted by atomic mass is 10.0. The minimum Gasteiger partial charge on any atom is -0.502 e. The number of allylic oxidation sites excluding steroid dienone is 1. The smallest absolute Gasteiger partial charge is 0.371 e. The fraction of sp³-hybridized carbons (Fsp3) is 0.419. The molecule has 1 aliphatic rings. The Kier molecular flexibility index (Phi) is 17.8. The zero-order chi connectivity index (χ0) is 43.8. The van der Waals surface area contributed by atoms with Gasteiger partial charge in [-0.1, -0.05) is 18.2 Å². The molecule has 0 saturated heterocycles. The number of carbonyl (C=O) groups is 3. The number of sulfonamides is 1. The van der Waals surface area contributed by atoms with Crippen LogP contribution in [0.4, 0.5) is 10.1 Å². The van der Waals surface area contributed by atoms with E-state index in [1.807, 2.05) is 6.07 Å². The highest BCUT2D eigenvalue weighted by Crippen LogP contribution is 2.48. The molecule has 3 aromatic carbocycles. The van der Waals surface area contributed by atoms with Gasteiger partial charge < -0.3 is 48.4 Å². The van der Waals surface area contributed by atoms with E-state index in [9.17, 15) is 32.3 Å². The molecule has 0 aliphatic heterocycles. The van der Waals surface area contributed by atoms with E-state index < -0.39 is 33.4 Å². The number of fused-ring (bicyclic) bond motifs is 1. The lowest BCUT2D eigenvalue weighted by Crippen LogP contribution is -2.34. The molecule has 1 aromatic heterocycles. The predicted octanol–water partition coefficient (Wildman–Crippen LogP) is 5.25. The van der Waals surface area contributed by atoms with E-state index in [2.05, 4.69) is 5.32 Å². The maximum atomic E-state index is 13.7. The topological polar surface area (TPSA) is 210 Å². The molecule has 0 atom stereocenters. The van der Waals surface area contributed by atoms with E-state index in [4.69, 9.17) is 37.9 Å². The molecule has 1 amide bonds. The Labute approximate surface area is 353 Å². The molecule has 1 fully saturated rings. The van der Waals surface area contributed by atoms with Crippen LogP contribution in [0, 0.1) is 5.82 Å². The number of hydrogen-bond acceptors (Lipinski definition) is 13. The molecule has 18 heteroatoms. The number of ether oxygens (including phenoxy) is 6. The number of furan rings is 1. The summed E-state index contributed by atoms with van der Waals surface area (Å²) in [5.74, 6) is -3.66. The molecule has 0 spiro atoms. The second-order valence-corrected chi connectivity index (χ2v) is 15.8. The average Bonchev–Trinajstić information content (AvgIpc) is 4.02. The maximum absolute atomic E-state index is 13.7. The van der Waals surface area contributed by atoms with Gasteiger partial charge in [0, 0.05) is 35.7 Å². The first kappa shape index (κ1) is 46.8. The number of carboxylic acids is 1. The van der Waals surface area contributed by atoms with Crippen molar-refractivity contribution >= 4 is 44.3 Å². The van der Waals surface area contributed by atoms with Gasteiger partial charge in [-0.25, -0.2) is 17.6 Å². The summed E-state index contributed by atoms with van der Waals surface area (Å²) < 4.78 is 80.8. The third-order valence-corrected chi connectivity index (χ3v) is 10.5. The van der Waals surface area contributed by atoms with Crippen LogP contribution in [0.15, 0.2) is 76.9 Å². The molecule has 3 N–H and O–H groups in total. The van der Waals surface area contributed by atoms with Gasteiger partial charge in [-0.3, -0.25) is 13.9 Å². The van der Waals surface area contributed by atoms with Crippen molar-refractivity contribution in [1.29, 1.82) is 0 Å². The zero-order valence-corrected chi connectivity index (χ0v) is 34.9. The van der Waals surface area contributed by atoms with Crippen LogP contribution in [-0.4, -0.2) is 129 Å². The third kappa shape index (κ3) is 14.2. The lowest BCUT2D eigenvalue weighted by Gasteiger charge is -2.25. The molecule has 0 unspecified atom stereocenters. The number of benzene rings is 3. The molecule has 330 valence electrons. The van der Waals surface area contributed by atoms with Crippen molar-refractivity contribution in [2.75, 3.05) is 96.8 Å². The summed E-state index contributed by atoms with van der Waals surface area (Å²) in [4.78, 5) is 35.9. The Morgan fingerprint density at radius 1 is 0.820 bits per heavy atom. The predicted molar refractivity (Wildman–Crippen MR) is 222 cm³/mol. The van der Waals surface area contributed by atoms with Crippen molar-refractivity contribution in [3.05, 3.63) is 101 Å². The molecule has 0 bridgehead atoms. The van der Waals surface area contributed by atoms with Crippen molar-refractivity contribution < 1.29 is 70.2 Å². The quantitative estimate of drug-likeness (QED) is 0.0288. The number of ketones is 1. The van der Waals surface area contributed by atoms with Crippen LogP contribution in [0.3, 0.4) is 0 Å². The summed E-state index contributed by atoms with van der Waals surface area (Å²) in [5.41, 5.74) is 3.33. The molecular weight excluding hydrogens is 820 g/mol. The van der Waals surface area contributed by atoms with Gasteiger partial charge >= 0.3 is 5.97 Å². The van der Waals surface area contributed by atoms with Gasteiger partial charge in [0.15, 0.2) is 5.78 Å². The number of halogens is 1. The number of nitrogens with one attached hydrogen (secondary N) is 1. The summed E-state index contributed by atoms with van der Waals surface area (Å²) in [5, 5.41) is 21.2. The number of anilines is 1. The van der Waals surface area contributed by atoms with Crippen molar-refractivity contribution in [2.24, 2.45) is 0 Å². The molecule has 16 nitrogen and oxygen atoms in total. The van der Waals surface area contributed by atoms with Crippen LogP contribution < -0.4 is 9.62 Å². The fourth-order valence-electron chi connectivity index (χ4n) is 6.23. The molecule has 0 radical (unpaired) electrons. The Hall–Kier alpha value is -5.21. The summed E-state index contributed by atoms with van der Waals surface area (Å²) in [7, 11) is -2.23. The van der Waals surface area contributed by atoms with Crippen LogP contribution in [0.5, 0.6) is 0 Å². The van der Waals surface area contributed by atoms with Gasteiger partial charge in [-0.05, 0) is 66.3 Å². The van der Waals surface area contributed by atoms with Crippen LogP contribution in [0.1, 0.15) is 50.6 Å². The number of hydrogen-bond donors (Lipinski definition) is 3. The first-order valence-corrected chi connectivity index (χ1v) is 21.5. The van der Waals surface area contributed by atoms with Gasteiger partial charge in [-0.2, -0.15) is 0 Å². The second-order valence-electron chi connectivity index (χ2n) is 13.9. The number of nitrogens with zero attached hydrogens (tertiary/aromatic N) is 1. The van der Waals surface area contributed by atoms with Gasteiger partial charge in [-0.15, -0.1) is 0 Å². The molecule has 1 saturated carbocycles. The second kappa shape index (κ2) is 23.1. The van der Waals surface area contributed by atoms with E-state index in [0.29, 0.717) is 92.3 Å². The van der Waals surface area contributed by atoms with Crippen molar-refractivity contribution in [2.45, 2.75) is 25.4 Å². The highest BCUT2D eigenvalue weighted by molar-refractivity contribution is 7.92. The summed E-state index contributed by atoms with van der Waals surface area (Å²) in [6.07, 6.45) is 3.55. The standard InChI is InChI=1S/C43H51FN2O14S/c1-45-42(49)40-35-25-34(30-6-7-30)36(26-39(35)60-41(40)31-8-10-33(44)11-9-31)46(61(2,52)53)12-13-54-14-15-55-16-17-56-18-19-57-20-21-58-22-23-59-28-29-4-3-5-32(24-29)37(47)27-38(48)43(50)51/h3-5,8-11,24-27,30,48H,6-7,12-23,28H2,1-2H3,(H,45,49)(H,50,51). The van der Waals surface area contributed by atoms with Crippen LogP contribution in [-0.2, 0) is 49.8 Å². The largest absolute Gasteiger partial charge is 0.502 e. The molecule has 1 heterocycles. The Morgan fingerprint density at radius 3 is 1.93 bits per heavy atom. The number of aliphatic carboxylic acids is 1. The monoisotopic (exact) mass is 870 g/mol. The number of aliphatic hydroxyl groups excluding tert-OH is 1. The fourth-order valence-corrected chi connectivity index (χ4v) is 7.15. The van der Waals surface area contributed by atoms with Gasteiger partial charge in [0.2, 0.25) is 15.8 Å². The molecule has 5 rings (SSSR count). The average molecular weight is 871 g/mol. The Balaban J connectivity index is 0.939. The SMILES string of the molecule is CNC(=O)c1c(-c2ccc(F)cc2)oc2cc(N(CCOCCOCCOCCOCCOCCOCc3cccc(C(=O)C=C(O)C(=O)O)c3)S(C)(=O)=O)c(C3CC3)cc12. The van der Waals surface area contributed by atoms with E-state index in [1.54, 1.807) is 24.3 Å². The first-order valence-electron chi connectivity index (χ1n) is 19.7. The van der Waals surface area contributed by atoms with E-state index >= 15 is 0 Å². The Bertz CT molecular complexity index is 2240. The van der Waals surface area contributed by atoms with Gasteiger partial charge in [0.05, 0.1) is 103 Å². The summed E-state index contributed by atoms with van der Waals surface area (Å²) in [6, 6.07) is 15.6. The van der Waals surface area contributed by atoms with Gasteiger partial charge in [0.1, 0.15) is 17.2 Å². The van der Waals surface area contributed by atoms with Crippen molar-refractivity contribution in [1.82, 2.24) is 5.32 Å². The highest BCUT2D eigenvalue weighted by atomic mass is 32.2. The minimum absolute atomic E-state index is 0.0465. The maximum Gasteiger partial charge on any atom is 0.371 e. The van der Waals surface area contributed by atoms with Crippen molar-refractivity contribution in [3.63, 3.8) is 0 Å². The lowest BCUT2D eigenvalue weighted by molar-refractivity contribution is -0.135.